The van der Waals surface area contributed by atoms with Gasteiger partial charge >= 0.3 is 5.63 Å². The van der Waals surface area contributed by atoms with E-state index in [0.29, 0.717) is 10.5 Å². The molecular weight excluding hydrogens is 510 g/mol. The van der Waals surface area contributed by atoms with Gasteiger partial charge in [-0.3, -0.25) is 0 Å². The third kappa shape index (κ3) is 4.49. The number of pyridine rings is 1. The van der Waals surface area contributed by atoms with Crippen molar-refractivity contribution in [1.82, 2.24) is 4.98 Å². The molecule has 0 spiro atoms. The highest BCUT2D eigenvalue weighted by atomic mass is 32.2. The van der Waals surface area contributed by atoms with Crippen LogP contribution in [0.1, 0.15) is 0 Å². The fourth-order valence-electron chi connectivity index (χ4n) is 5.06. The smallest absolute Gasteiger partial charge is 0.350 e. The zero-order valence-electron chi connectivity index (χ0n) is 21.5. The lowest BCUT2D eigenvalue weighted by atomic mass is 9.97. The van der Waals surface area contributed by atoms with E-state index < -0.39 is 0 Å². The average molecular weight is 534 g/mol. The second-order valence-electron chi connectivity index (χ2n) is 9.53. The number of aromatic nitrogens is 1. The SMILES string of the molecule is O=c1oc2ccccc2cc1Sc1c(-c2ccc(-c3ccccc3)cc2)nc2ccccc2c1-c1ccccc1. The minimum Gasteiger partial charge on any atom is -0.422 e. The number of rotatable bonds is 5. The van der Waals surface area contributed by atoms with Crippen molar-refractivity contribution < 1.29 is 4.42 Å². The van der Waals surface area contributed by atoms with E-state index in [9.17, 15) is 4.79 Å². The summed E-state index contributed by atoms with van der Waals surface area (Å²) in [6, 6.07) is 46.8. The molecule has 0 aliphatic carbocycles. The van der Waals surface area contributed by atoms with E-state index in [2.05, 4.69) is 54.6 Å². The van der Waals surface area contributed by atoms with Crippen LogP contribution in [0, 0.1) is 0 Å². The van der Waals surface area contributed by atoms with Gasteiger partial charge < -0.3 is 4.42 Å². The molecule has 0 saturated carbocycles. The second kappa shape index (κ2) is 10.3. The number of nitrogens with zero attached hydrogens (tertiary/aromatic N) is 1. The first-order chi connectivity index (χ1) is 19.7. The van der Waals surface area contributed by atoms with Crippen molar-refractivity contribution in [1.29, 1.82) is 0 Å². The normalized spacial score (nSPS) is 11.2. The third-order valence-corrected chi connectivity index (χ3v) is 8.10. The maximum Gasteiger partial charge on any atom is 0.350 e. The Kier molecular flexibility index (Phi) is 6.23. The van der Waals surface area contributed by atoms with Crippen LogP contribution in [0.4, 0.5) is 0 Å². The molecule has 5 aromatic carbocycles. The Morgan fingerprint density at radius 2 is 1.18 bits per heavy atom. The predicted molar refractivity (Wildman–Crippen MR) is 165 cm³/mol. The van der Waals surface area contributed by atoms with Crippen LogP contribution in [-0.2, 0) is 0 Å². The highest BCUT2D eigenvalue weighted by Crippen LogP contribution is 2.45. The summed E-state index contributed by atoms with van der Waals surface area (Å²) in [5.74, 6) is 0. The van der Waals surface area contributed by atoms with E-state index in [0.717, 1.165) is 54.7 Å². The van der Waals surface area contributed by atoms with Crippen LogP contribution in [0.25, 0.3) is 55.4 Å². The van der Waals surface area contributed by atoms with Gasteiger partial charge in [-0.2, -0.15) is 0 Å². The van der Waals surface area contributed by atoms with Gasteiger partial charge in [-0.25, -0.2) is 9.78 Å². The van der Waals surface area contributed by atoms with Crippen LogP contribution < -0.4 is 5.63 Å². The topological polar surface area (TPSA) is 43.1 Å². The molecule has 3 nitrogen and oxygen atoms in total. The molecule has 0 bridgehead atoms. The van der Waals surface area contributed by atoms with Crippen LogP contribution >= 0.6 is 11.8 Å². The van der Waals surface area contributed by atoms with Crippen LogP contribution in [0.15, 0.2) is 159 Å². The summed E-state index contributed by atoms with van der Waals surface area (Å²) in [6.45, 7) is 0. The van der Waals surface area contributed by atoms with E-state index >= 15 is 0 Å². The Balaban J connectivity index is 1.48. The summed E-state index contributed by atoms with van der Waals surface area (Å²) in [7, 11) is 0. The number of benzene rings is 5. The highest BCUT2D eigenvalue weighted by Gasteiger charge is 2.21. The van der Waals surface area contributed by atoms with Crippen molar-refractivity contribution in [3.63, 3.8) is 0 Å². The first kappa shape index (κ1) is 24.1. The Hall–Kier alpha value is -4.93. The quantitative estimate of drug-likeness (QED) is 0.207. The van der Waals surface area contributed by atoms with Crippen LogP contribution in [-0.4, -0.2) is 4.98 Å². The molecule has 4 heteroatoms. The molecule has 0 unspecified atom stereocenters. The van der Waals surface area contributed by atoms with Crippen molar-refractivity contribution >= 4 is 33.6 Å². The van der Waals surface area contributed by atoms with Gasteiger partial charge in [-0.1, -0.05) is 133 Å². The maximum atomic E-state index is 13.2. The van der Waals surface area contributed by atoms with Gasteiger partial charge in [-0.05, 0) is 34.9 Å². The molecule has 40 heavy (non-hydrogen) atoms. The van der Waals surface area contributed by atoms with E-state index in [1.54, 1.807) is 0 Å². The molecule has 0 radical (unpaired) electrons. The zero-order chi connectivity index (χ0) is 26.9. The van der Waals surface area contributed by atoms with Crippen LogP contribution in [0.5, 0.6) is 0 Å². The predicted octanol–water partition coefficient (Wildman–Crippen LogP) is 9.49. The first-order valence-corrected chi connectivity index (χ1v) is 13.9. The molecule has 0 atom stereocenters. The van der Waals surface area contributed by atoms with E-state index in [-0.39, 0.29) is 5.63 Å². The molecule has 7 aromatic rings. The van der Waals surface area contributed by atoms with Gasteiger partial charge in [0.1, 0.15) is 5.58 Å². The number of fused-ring (bicyclic) bond motifs is 2. The Morgan fingerprint density at radius 1 is 0.575 bits per heavy atom. The summed E-state index contributed by atoms with van der Waals surface area (Å²) in [5.41, 5.74) is 7.34. The monoisotopic (exact) mass is 533 g/mol. The standard InChI is InChI=1S/C36H23NO2S/c38-36-32(23-28-15-7-10-18-31(28)39-36)40-35-33(26-13-5-2-6-14-26)29-16-8-9-17-30(29)37-34(35)27-21-19-25(20-22-27)24-11-3-1-4-12-24/h1-23H. The summed E-state index contributed by atoms with van der Waals surface area (Å²) in [4.78, 5) is 19.8. The van der Waals surface area contributed by atoms with E-state index in [4.69, 9.17) is 9.40 Å². The van der Waals surface area contributed by atoms with Gasteiger partial charge in [0, 0.05) is 26.8 Å². The van der Waals surface area contributed by atoms with Gasteiger partial charge in [0.2, 0.25) is 0 Å². The second-order valence-corrected chi connectivity index (χ2v) is 10.6. The molecule has 0 aliphatic heterocycles. The fraction of sp³-hybridized carbons (Fsp3) is 0. The Bertz CT molecular complexity index is 2030. The van der Waals surface area contributed by atoms with Crippen molar-refractivity contribution in [3.05, 3.63) is 150 Å². The first-order valence-electron chi connectivity index (χ1n) is 13.1. The fourth-order valence-corrected chi connectivity index (χ4v) is 6.18. The molecule has 0 amide bonds. The summed E-state index contributed by atoms with van der Waals surface area (Å²) >= 11 is 1.42. The molecule has 0 fully saturated rings. The Labute approximate surface area is 235 Å². The lowest BCUT2D eigenvalue weighted by Gasteiger charge is -2.18. The maximum absolute atomic E-state index is 13.2. The third-order valence-electron chi connectivity index (χ3n) is 7.00. The lowest BCUT2D eigenvalue weighted by molar-refractivity contribution is 0.544. The largest absolute Gasteiger partial charge is 0.422 e. The molecule has 0 aliphatic rings. The van der Waals surface area contributed by atoms with Crippen LogP contribution in [0.2, 0.25) is 0 Å². The van der Waals surface area contributed by atoms with E-state index in [1.165, 1.54) is 11.8 Å². The molecule has 2 heterocycles. The van der Waals surface area contributed by atoms with Crippen molar-refractivity contribution in [2.75, 3.05) is 0 Å². The number of hydrogen-bond acceptors (Lipinski definition) is 4. The van der Waals surface area contributed by atoms with Gasteiger partial charge in [-0.15, -0.1) is 0 Å². The lowest BCUT2D eigenvalue weighted by Crippen LogP contribution is -2.03. The number of hydrogen-bond donors (Lipinski definition) is 0. The summed E-state index contributed by atoms with van der Waals surface area (Å²) in [5, 5.41) is 1.92. The molecule has 7 rings (SSSR count). The van der Waals surface area contributed by atoms with E-state index in [1.807, 2.05) is 84.9 Å². The van der Waals surface area contributed by atoms with Gasteiger partial charge in [0.25, 0.3) is 0 Å². The number of para-hydroxylation sites is 2. The van der Waals surface area contributed by atoms with Crippen molar-refractivity contribution in [2.24, 2.45) is 0 Å². The molecule has 2 aromatic heterocycles. The van der Waals surface area contributed by atoms with Gasteiger partial charge in [0.05, 0.1) is 16.1 Å². The average Bonchev–Trinajstić information content (AvgIpc) is 3.02. The molecule has 190 valence electrons. The van der Waals surface area contributed by atoms with Crippen LogP contribution in [0.3, 0.4) is 0 Å². The summed E-state index contributed by atoms with van der Waals surface area (Å²) in [6.07, 6.45) is 0. The highest BCUT2D eigenvalue weighted by molar-refractivity contribution is 7.99. The molecule has 0 N–H and O–H groups in total. The van der Waals surface area contributed by atoms with Crippen molar-refractivity contribution in [3.8, 4) is 33.5 Å². The minimum atomic E-state index is -0.360. The Morgan fingerprint density at radius 3 is 1.95 bits per heavy atom. The van der Waals surface area contributed by atoms with Crippen molar-refractivity contribution in [2.45, 2.75) is 9.79 Å². The van der Waals surface area contributed by atoms with Gasteiger partial charge in [0.15, 0.2) is 0 Å². The summed E-state index contributed by atoms with van der Waals surface area (Å²) < 4.78 is 5.71. The molecule has 0 saturated heterocycles. The minimum absolute atomic E-state index is 0.360. The zero-order valence-corrected chi connectivity index (χ0v) is 22.3. The molecular formula is C36H23NO2S.